The summed E-state index contributed by atoms with van der Waals surface area (Å²) in [7, 11) is 0. The molecule has 122 valence electrons. The Morgan fingerprint density at radius 1 is 1.33 bits per heavy atom. The van der Waals surface area contributed by atoms with Crippen LogP contribution in [0.25, 0.3) is 0 Å². The summed E-state index contributed by atoms with van der Waals surface area (Å²) >= 11 is 0. The topological polar surface area (TPSA) is 70.1 Å². The maximum Gasteiger partial charge on any atom is 0.320 e. The monoisotopic (exact) mass is 300 g/mol. The van der Waals surface area contributed by atoms with Crippen LogP contribution in [-0.2, 0) is 9.53 Å². The number of likely N-dealkylation sites (tertiary alicyclic amines) is 1. The van der Waals surface area contributed by atoms with Crippen molar-refractivity contribution < 1.29 is 19.4 Å². The minimum Gasteiger partial charge on any atom is -0.481 e. The van der Waals surface area contributed by atoms with Gasteiger partial charge in [-0.25, -0.2) is 4.79 Å². The fourth-order valence-corrected chi connectivity index (χ4v) is 2.91. The number of carbonyl (C=O) groups is 2. The molecular weight excluding hydrogens is 272 g/mol. The molecule has 0 bridgehead atoms. The van der Waals surface area contributed by atoms with Crippen LogP contribution in [0.5, 0.6) is 0 Å². The first kappa shape index (κ1) is 17.8. The largest absolute Gasteiger partial charge is 0.481 e. The molecule has 1 rings (SSSR count). The van der Waals surface area contributed by atoms with Gasteiger partial charge in [-0.05, 0) is 26.7 Å². The van der Waals surface area contributed by atoms with Crippen LogP contribution in [0.1, 0.15) is 40.0 Å². The fraction of sp³-hybridized carbons (Fsp3) is 0.867. The van der Waals surface area contributed by atoms with Gasteiger partial charge in [0, 0.05) is 32.8 Å². The lowest BCUT2D eigenvalue weighted by Gasteiger charge is -2.29. The van der Waals surface area contributed by atoms with E-state index in [1.165, 1.54) is 0 Å². The molecule has 1 aliphatic heterocycles. The second-order valence-corrected chi connectivity index (χ2v) is 5.57. The van der Waals surface area contributed by atoms with Crippen molar-refractivity contribution in [3.8, 4) is 0 Å². The molecule has 1 saturated heterocycles. The number of carboxylic acids is 1. The van der Waals surface area contributed by atoms with Crippen LogP contribution in [-0.4, -0.2) is 66.3 Å². The number of carboxylic acid groups (broad SMARTS) is 1. The molecule has 0 spiro atoms. The van der Waals surface area contributed by atoms with Crippen LogP contribution >= 0.6 is 0 Å². The summed E-state index contributed by atoms with van der Waals surface area (Å²) in [4.78, 5) is 27.5. The van der Waals surface area contributed by atoms with E-state index in [1.807, 2.05) is 20.8 Å². The third-order valence-electron chi connectivity index (χ3n) is 4.17. The third-order valence-corrected chi connectivity index (χ3v) is 4.17. The maximum absolute atomic E-state index is 12.5. The summed E-state index contributed by atoms with van der Waals surface area (Å²) in [6.07, 6.45) is 1.98. The molecule has 21 heavy (non-hydrogen) atoms. The maximum atomic E-state index is 12.5. The smallest absolute Gasteiger partial charge is 0.320 e. The zero-order valence-electron chi connectivity index (χ0n) is 13.4. The van der Waals surface area contributed by atoms with E-state index in [9.17, 15) is 14.7 Å². The minimum absolute atomic E-state index is 0.0727. The molecule has 0 aromatic heterocycles. The van der Waals surface area contributed by atoms with Crippen molar-refractivity contribution in [1.29, 1.82) is 0 Å². The van der Waals surface area contributed by atoms with Crippen LogP contribution in [0.2, 0.25) is 0 Å². The Morgan fingerprint density at radius 3 is 2.57 bits per heavy atom. The van der Waals surface area contributed by atoms with Gasteiger partial charge >= 0.3 is 12.0 Å². The predicted octanol–water partition coefficient (Wildman–Crippen LogP) is 2.04. The highest BCUT2D eigenvalue weighted by atomic mass is 16.5. The van der Waals surface area contributed by atoms with E-state index >= 15 is 0 Å². The molecular formula is C15H28N2O4. The number of carbonyl (C=O) groups excluding carboxylic acids is 1. The number of hydrogen-bond donors (Lipinski definition) is 1. The Morgan fingerprint density at radius 2 is 2.05 bits per heavy atom. The van der Waals surface area contributed by atoms with Gasteiger partial charge in [-0.1, -0.05) is 13.3 Å². The van der Waals surface area contributed by atoms with Gasteiger partial charge in [0.05, 0.1) is 12.0 Å². The zero-order chi connectivity index (χ0) is 15.9. The normalized spacial score (nSPS) is 21.6. The Kier molecular flexibility index (Phi) is 6.95. The van der Waals surface area contributed by atoms with Gasteiger partial charge in [-0.2, -0.15) is 0 Å². The first-order chi connectivity index (χ1) is 10.0. The van der Waals surface area contributed by atoms with Crippen molar-refractivity contribution in [3.63, 3.8) is 0 Å². The average Bonchev–Trinajstić information content (AvgIpc) is 2.89. The highest BCUT2D eigenvalue weighted by Gasteiger charge is 2.45. The Hall–Kier alpha value is -1.30. The lowest BCUT2D eigenvalue weighted by atomic mass is 9.83. The molecule has 1 aliphatic rings. The van der Waals surface area contributed by atoms with Gasteiger partial charge in [0.1, 0.15) is 0 Å². The van der Waals surface area contributed by atoms with Crippen molar-refractivity contribution in [1.82, 2.24) is 9.80 Å². The molecule has 0 aromatic rings. The second-order valence-electron chi connectivity index (χ2n) is 5.57. The molecule has 1 atom stereocenters. The second kappa shape index (κ2) is 8.22. The lowest BCUT2D eigenvalue weighted by molar-refractivity contribution is -0.148. The van der Waals surface area contributed by atoms with Crippen molar-refractivity contribution in [2.24, 2.45) is 5.41 Å². The number of ether oxygens (including phenoxy) is 1. The van der Waals surface area contributed by atoms with E-state index in [1.54, 1.807) is 9.80 Å². The van der Waals surface area contributed by atoms with E-state index < -0.39 is 11.4 Å². The molecule has 6 nitrogen and oxygen atoms in total. The SMILES string of the molecule is CCCC1(C(=O)O)CCN(C(=O)N(CC)CCOCC)C1. The number of urea groups is 1. The average molecular weight is 300 g/mol. The molecule has 1 unspecified atom stereocenters. The highest BCUT2D eigenvalue weighted by Crippen LogP contribution is 2.35. The van der Waals surface area contributed by atoms with Crippen molar-refractivity contribution in [3.05, 3.63) is 0 Å². The summed E-state index contributed by atoms with van der Waals surface area (Å²) in [6, 6.07) is -0.0727. The number of aliphatic carboxylic acids is 1. The van der Waals surface area contributed by atoms with Crippen LogP contribution in [0.15, 0.2) is 0 Å². The van der Waals surface area contributed by atoms with Gasteiger partial charge in [0.15, 0.2) is 0 Å². The first-order valence-electron chi connectivity index (χ1n) is 7.85. The van der Waals surface area contributed by atoms with Gasteiger partial charge < -0.3 is 19.6 Å². The van der Waals surface area contributed by atoms with Gasteiger partial charge in [-0.15, -0.1) is 0 Å². The molecule has 0 saturated carbocycles. The van der Waals surface area contributed by atoms with E-state index in [-0.39, 0.29) is 6.03 Å². The van der Waals surface area contributed by atoms with Crippen LogP contribution in [0, 0.1) is 5.41 Å². The summed E-state index contributed by atoms with van der Waals surface area (Å²) < 4.78 is 5.29. The third kappa shape index (κ3) is 4.33. The van der Waals surface area contributed by atoms with Gasteiger partial charge in [0.2, 0.25) is 0 Å². The molecule has 2 amide bonds. The molecule has 1 N–H and O–H groups in total. The minimum atomic E-state index is -0.781. The lowest BCUT2D eigenvalue weighted by Crippen LogP contribution is -2.45. The number of nitrogens with zero attached hydrogens (tertiary/aromatic N) is 2. The summed E-state index contributed by atoms with van der Waals surface area (Å²) in [5.41, 5.74) is -0.760. The number of amides is 2. The molecule has 1 heterocycles. The van der Waals surface area contributed by atoms with Crippen LogP contribution < -0.4 is 0 Å². The van der Waals surface area contributed by atoms with Crippen molar-refractivity contribution in [2.45, 2.75) is 40.0 Å². The number of rotatable bonds is 8. The van der Waals surface area contributed by atoms with E-state index in [0.29, 0.717) is 52.2 Å². The quantitative estimate of drug-likeness (QED) is 0.696. The Balaban J connectivity index is 2.64. The predicted molar refractivity (Wildman–Crippen MR) is 80.3 cm³/mol. The Bertz CT molecular complexity index is 362. The standard InChI is InChI=1S/C15H28N2O4/c1-4-7-15(13(18)19)8-9-17(12-15)14(20)16(5-2)10-11-21-6-3/h4-12H2,1-3H3,(H,18,19). The molecule has 0 radical (unpaired) electrons. The number of likely N-dealkylation sites (N-methyl/N-ethyl adjacent to an activating group) is 1. The first-order valence-corrected chi connectivity index (χ1v) is 7.85. The summed E-state index contributed by atoms with van der Waals surface area (Å²) in [5, 5.41) is 9.49. The summed E-state index contributed by atoms with van der Waals surface area (Å²) in [6.45, 7) is 8.98. The molecule has 6 heteroatoms. The highest BCUT2D eigenvalue weighted by molar-refractivity contribution is 5.79. The fourth-order valence-electron chi connectivity index (χ4n) is 2.91. The van der Waals surface area contributed by atoms with Gasteiger partial charge in [-0.3, -0.25) is 4.79 Å². The zero-order valence-corrected chi connectivity index (χ0v) is 13.4. The number of hydrogen-bond acceptors (Lipinski definition) is 3. The molecule has 0 aliphatic carbocycles. The summed E-state index contributed by atoms with van der Waals surface area (Å²) in [5.74, 6) is -0.781. The van der Waals surface area contributed by atoms with Crippen LogP contribution in [0.3, 0.4) is 0 Å². The van der Waals surface area contributed by atoms with E-state index in [0.717, 1.165) is 6.42 Å². The van der Waals surface area contributed by atoms with Crippen molar-refractivity contribution >= 4 is 12.0 Å². The van der Waals surface area contributed by atoms with Crippen molar-refractivity contribution in [2.75, 3.05) is 39.4 Å². The Labute approximate surface area is 127 Å². The van der Waals surface area contributed by atoms with Gasteiger partial charge in [0.25, 0.3) is 0 Å². The van der Waals surface area contributed by atoms with E-state index in [2.05, 4.69) is 0 Å². The molecule has 1 fully saturated rings. The molecule has 0 aromatic carbocycles. The van der Waals surface area contributed by atoms with Crippen LogP contribution in [0.4, 0.5) is 4.79 Å². The van der Waals surface area contributed by atoms with E-state index in [4.69, 9.17) is 4.74 Å².